The van der Waals surface area contributed by atoms with Crippen LogP contribution in [0.2, 0.25) is 0 Å². The molecule has 0 unspecified atom stereocenters. The molecule has 0 aromatic heterocycles. The highest BCUT2D eigenvalue weighted by Gasteiger charge is 2.20. The average molecular weight is 309 g/mol. The van der Waals surface area contributed by atoms with E-state index in [0.717, 1.165) is 12.2 Å². The molecular formula is C16H23NO3S. The van der Waals surface area contributed by atoms with E-state index in [1.165, 1.54) is 12.7 Å². The number of benzene rings is 1. The summed E-state index contributed by atoms with van der Waals surface area (Å²) in [5.41, 5.74) is 1.27. The van der Waals surface area contributed by atoms with Gasteiger partial charge in [0.05, 0.1) is 12.9 Å². The van der Waals surface area contributed by atoms with Crippen molar-refractivity contribution < 1.29 is 14.3 Å². The third kappa shape index (κ3) is 6.67. The minimum absolute atomic E-state index is 0.00803. The summed E-state index contributed by atoms with van der Waals surface area (Å²) in [5, 5.41) is 0. The van der Waals surface area contributed by atoms with E-state index in [0.29, 0.717) is 5.75 Å². The fourth-order valence-electron chi connectivity index (χ4n) is 1.84. The molecule has 1 rings (SSSR count). The zero-order chi connectivity index (χ0) is 15.7. The molecule has 0 aliphatic heterocycles. The summed E-state index contributed by atoms with van der Waals surface area (Å²) >= 11 is 1.59. The van der Waals surface area contributed by atoms with Crippen molar-refractivity contribution in [3.8, 4) is 0 Å². The molecule has 1 aromatic carbocycles. The van der Waals surface area contributed by atoms with E-state index in [9.17, 15) is 9.59 Å². The van der Waals surface area contributed by atoms with E-state index in [-0.39, 0.29) is 24.5 Å². The van der Waals surface area contributed by atoms with Gasteiger partial charge in [0.1, 0.15) is 6.54 Å². The van der Waals surface area contributed by atoms with Crippen LogP contribution in [0.15, 0.2) is 30.3 Å². The van der Waals surface area contributed by atoms with Gasteiger partial charge in [-0.05, 0) is 31.6 Å². The summed E-state index contributed by atoms with van der Waals surface area (Å²) in [5.74, 6) is 0.877. The number of rotatable bonds is 8. The molecule has 0 saturated heterocycles. The third-order valence-corrected chi connectivity index (χ3v) is 4.02. The van der Waals surface area contributed by atoms with Gasteiger partial charge < -0.3 is 9.64 Å². The number of carbonyl (C=O) groups excluding carboxylic acids is 2. The SMILES string of the molecule is COC(=O)CN(C(=O)CSCCc1ccccc1)C(C)C. The number of hydrogen-bond acceptors (Lipinski definition) is 4. The van der Waals surface area contributed by atoms with Crippen LogP contribution in [0, 0.1) is 0 Å². The van der Waals surface area contributed by atoms with E-state index in [1.807, 2.05) is 32.0 Å². The lowest BCUT2D eigenvalue weighted by Gasteiger charge is -2.25. The molecule has 0 bridgehead atoms. The minimum Gasteiger partial charge on any atom is -0.468 e. The molecule has 0 heterocycles. The molecule has 116 valence electrons. The molecule has 0 spiro atoms. The van der Waals surface area contributed by atoms with Crippen molar-refractivity contribution in [2.45, 2.75) is 26.3 Å². The fraction of sp³-hybridized carbons (Fsp3) is 0.500. The van der Waals surface area contributed by atoms with Crippen molar-refractivity contribution in [1.82, 2.24) is 4.90 Å². The van der Waals surface area contributed by atoms with Crippen molar-refractivity contribution >= 4 is 23.6 Å². The highest BCUT2D eigenvalue weighted by atomic mass is 32.2. The molecule has 5 heteroatoms. The van der Waals surface area contributed by atoms with Gasteiger partial charge in [-0.2, -0.15) is 11.8 Å². The highest BCUT2D eigenvalue weighted by Crippen LogP contribution is 2.09. The monoisotopic (exact) mass is 309 g/mol. The maximum atomic E-state index is 12.1. The van der Waals surface area contributed by atoms with Gasteiger partial charge in [0.15, 0.2) is 0 Å². The van der Waals surface area contributed by atoms with Crippen LogP contribution in [0.3, 0.4) is 0 Å². The third-order valence-electron chi connectivity index (χ3n) is 3.07. The second-order valence-electron chi connectivity index (χ2n) is 4.98. The fourth-order valence-corrected chi connectivity index (χ4v) is 2.70. The lowest BCUT2D eigenvalue weighted by Crippen LogP contribution is -2.42. The number of carbonyl (C=O) groups is 2. The average Bonchev–Trinajstić information content (AvgIpc) is 2.49. The standard InChI is InChI=1S/C16H23NO3S/c1-13(2)17(11-16(19)20-3)15(18)12-21-10-9-14-7-5-4-6-8-14/h4-8,13H,9-12H2,1-3H3. The number of esters is 1. The van der Waals surface area contributed by atoms with Crippen molar-refractivity contribution in [3.05, 3.63) is 35.9 Å². The smallest absolute Gasteiger partial charge is 0.325 e. The van der Waals surface area contributed by atoms with Crippen LogP contribution >= 0.6 is 11.8 Å². The summed E-state index contributed by atoms with van der Waals surface area (Å²) in [7, 11) is 1.33. The predicted molar refractivity (Wildman–Crippen MR) is 86.3 cm³/mol. The van der Waals surface area contributed by atoms with Crippen LogP contribution in [0.25, 0.3) is 0 Å². The lowest BCUT2D eigenvalue weighted by atomic mass is 10.2. The Morgan fingerprint density at radius 3 is 2.48 bits per heavy atom. The molecule has 1 aromatic rings. The first-order valence-corrected chi connectivity index (χ1v) is 8.18. The Labute approximate surface area is 130 Å². The Hall–Kier alpha value is -1.49. The largest absolute Gasteiger partial charge is 0.468 e. The predicted octanol–water partition coefficient (Wildman–Crippen LogP) is 2.37. The van der Waals surface area contributed by atoms with Crippen LogP contribution < -0.4 is 0 Å². The first-order valence-electron chi connectivity index (χ1n) is 7.02. The number of methoxy groups -OCH3 is 1. The van der Waals surface area contributed by atoms with E-state index in [4.69, 9.17) is 0 Å². The minimum atomic E-state index is -0.383. The van der Waals surface area contributed by atoms with Crippen molar-refractivity contribution in [1.29, 1.82) is 0 Å². The number of thioether (sulfide) groups is 1. The van der Waals surface area contributed by atoms with Crippen molar-refractivity contribution in [2.24, 2.45) is 0 Å². The highest BCUT2D eigenvalue weighted by molar-refractivity contribution is 7.99. The molecule has 0 atom stereocenters. The number of amides is 1. The van der Waals surface area contributed by atoms with Gasteiger partial charge in [-0.3, -0.25) is 9.59 Å². The Balaban J connectivity index is 2.35. The molecule has 21 heavy (non-hydrogen) atoms. The van der Waals surface area contributed by atoms with Crippen LogP contribution in [-0.2, 0) is 20.7 Å². The molecule has 0 N–H and O–H groups in total. The van der Waals surface area contributed by atoms with Gasteiger partial charge in [-0.1, -0.05) is 30.3 Å². The molecular weight excluding hydrogens is 286 g/mol. The zero-order valence-corrected chi connectivity index (χ0v) is 13.7. The lowest BCUT2D eigenvalue weighted by molar-refractivity contribution is -0.147. The summed E-state index contributed by atoms with van der Waals surface area (Å²) < 4.78 is 4.62. The Bertz CT molecular complexity index is 448. The molecule has 0 radical (unpaired) electrons. The summed E-state index contributed by atoms with van der Waals surface area (Å²) in [4.78, 5) is 25.0. The quantitative estimate of drug-likeness (QED) is 0.546. The van der Waals surface area contributed by atoms with Gasteiger partial charge in [0, 0.05) is 6.04 Å². The van der Waals surface area contributed by atoms with Gasteiger partial charge in [-0.25, -0.2) is 0 Å². The zero-order valence-electron chi connectivity index (χ0n) is 12.9. The maximum Gasteiger partial charge on any atom is 0.325 e. The van der Waals surface area contributed by atoms with E-state index in [1.54, 1.807) is 16.7 Å². The number of hydrogen-bond donors (Lipinski definition) is 0. The molecule has 4 nitrogen and oxygen atoms in total. The van der Waals surface area contributed by atoms with Gasteiger partial charge >= 0.3 is 5.97 Å². The Kier molecular flexibility index (Phi) is 7.90. The van der Waals surface area contributed by atoms with Gasteiger partial charge in [-0.15, -0.1) is 0 Å². The Morgan fingerprint density at radius 2 is 1.90 bits per heavy atom. The molecule has 1 amide bonds. The first kappa shape index (κ1) is 17.6. The van der Waals surface area contributed by atoms with Crippen molar-refractivity contribution in [3.63, 3.8) is 0 Å². The van der Waals surface area contributed by atoms with Crippen LogP contribution in [-0.4, -0.2) is 48.0 Å². The number of ether oxygens (including phenoxy) is 1. The van der Waals surface area contributed by atoms with E-state index < -0.39 is 0 Å². The van der Waals surface area contributed by atoms with Crippen LogP contribution in [0.5, 0.6) is 0 Å². The maximum absolute atomic E-state index is 12.1. The van der Waals surface area contributed by atoms with Gasteiger partial charge in [0.2, 0.25) is 5.91 Å². The second-order valence-corrected chi connectivity index (χ2v) is 6.08. The Morgan fingerprint density at radius 1 is 1.24 bits per heavy atom. The molecule has 0 fully saturated rings. The van der Waals surface area contributed by atoms with Crippen LogP contribution in [0.1, 0.15) is 19.4 Å². The summed E-state index contributed by atoms with van der Waals surface area (Å²) in [6, 6.07) is 10.2. The van der Waals surface area contributed by atoms with Crippen molar-refractivity contribution in [2.75, 3.05) is 25.2 Å². The number of aryl methyl sites for hydroxylation is 1. The first-order chi connectivity index (χ1) is 10.0. The summed E-state index contributed by atoms with van der Waals surface area (Å²) in [6.07, 6.45) is 0.942. The summed E-state index contributed by atoms with van der Waals surface area (Å²) in [6.45, 7) is 3.82. The second kappa shape index (κ2) is 9.45. The normalized spacial score (nSPS) is 10.5. The van der Waals surface area contributed by atoms with E-state index >= 15 is 0 Å². The molecule has 0 aliphatic rings. The van der Waals surface area contributed by atoms with Gasteiger partial charge in [0.25, 0.3) is 0 Å². The van der Waals surface area contributed by atoms with Crippen LogP contribution in [0.4, 0.5) is 0 Å². The molecule has 0 saturated carbocycles. The topological polar surface area (TPSA) is 46.6 Å². The molecule has 0 aliphatic carbocycles. The number of nitrogens with zero attached hydrogens (tertiary/aromatic N) is 1. The van der Waals surface area contributed by atoms with E-state index in [2.05, 4.69) is 16.9 Å².